The third-order valence-corrected chi connectivity index (χ3v) is 6.42. The summed E-state index contributed by atoms with van der Waals surface area (Å²) in [5.74, 6) is 1.15. The molecule has 0 bridgehead atoms. The number of benzene rings is 1. The summed E-state index contributed by atoms with van der Waals surface area (Å²) in [6.45, 7) is 0.0659. The number of carboxylic acids is 1. The van der Waals surface area contributed by atoms with Gasteiger partial charge in [0.25, 0.3) is 5.91 Å². The van der Waals surface area contributed by atoms with Gasteiger partial charge in [-0.25, -0.2) is 0 Å². The summed E-state index contributed by atoms with van der Waals surface area (Å²) in [5.41, 5.74) is 2.07. The monoisotopic (exact) mass is 543 g/mol. The summed E-state index contributed by atoms with van der Waals surface area (Å²) in [4.78, 5) is 25.0. The summed E-state index contributed by atoms with van der Waals surface area (Å²) in [6, 6.07) is 11.7. The van der Waals surface area contributed by atoms with E-state index in [0.717, 1.165) is 22.9 Å². The van der Waals surface area contributed by atoms with Crippen molar-refractivity contribution in [2.24, 2.45) is 0 Å². The van der Waals surface area contributed by atoms with Crippen LogP contribution in [0.15, 0.2) is 45.7 Å². The third-order valence-electron chi connectivity index (χ3n) is 5.04. The molecule has 1 aliphatic heterocycles. The number of thiocarbonyl (C=S) groups is 1. The van der Waals surface area contributed by atoms with Crippen LogP contribution in [0, 0.1) is 63.7 Å². The van der Waals surface area contributed by atoms with Crippen LogP contribution in [0.1, 0.15) is 17.7 Å². The van der Waals surface area contributed by atoms with E-state index in [1.807, 2.05) is 75.3 Å². The first-order chi connectivity index (χ1) is 16.5. The molecule has 2 aliphatic carbocycles. The van der Waals surface area contributed by atoms with Crippen LogP contribution >= 0.6 is 24.0 Å². The van der Waals surface area contributed by atoms with Crippen LogP contribution in [-0.2, 0) is 26.7 Å². The molecule has 8 heteroatoms. The number of carbonyl (C=O) groups excluding carboxylic acids is 1. The molecule has 0 atom stereocenters. The number of amides is 1. The molecule has 1 saturated heterocycles. The van der Waals surface area contributed by atoms with Gasteiger partial charge in [-0.05, 0) is 75.5 Å². The van der Waals surface area contributed by atoms with Crippen molar-refractivity contribution in [3.05, 3.63) is 116 Å². The van der Waals surface area contributed by atoms with E-state index in [-0.39, 0.29) is 35.9 Å². The number of rotatable bonds is 6. The molecular weight excluding hydrogens is 522 g/mol. The van der Waals surface area contributed by atoms with E-state index in [1.54, 1.807) is 12.1 Å². The van der Waals surface area contributed by atoms with Crippen LogP contribution in [0.25, 0.3) is 17.4 Å². The number of thioether (sulfide) groups is 1. The Morgan fingerprint density at radius 1 is 0.943 bits per heavy atom. The Bertz CT molecular complexity index is 1050. The average Bonchev–Trinajstić information content (AvgIpc) is 3.64. The normalized spacial score (nSPS) is 19.1. The molecule has 3 fully saturated rings. The number of hydrogen-bond acceptors (Lipinski definition) is 5. The van der Waals surface area contributed by atoms with Gasteiger partial charge >= 0.3 is 23.0 Å². The predicted octanol–water partition coefficient (Wildman–Crippen LogP) is 5.39. The van der Waals surface area contributed by atoms with Crippen LogP contribution in [0.5, 0.6) is 0 Å². The van der Waals surface area contributed by atoms with E-state index < -0.39 is 5.97 Å². The van der Waals surface area contributed by atoms with Gasteiger partial charge in [0.15, 0.2) is 0 Å². The zero-order chi connectivity index (χ0) is 23.9. The van der Waals surface area contributed by atoms with E-state index in [0.29, 0.717) is 20.7 Å². The number of aliphatic carboxylic acids is 1. The quantitative estimate of drug-likeness (QED) is 0.299. The first-order valence-corrected chi connectivity index (χ1v) is 11.8. The maximum Gasteiger partial charge on any atom is 2.00 e. The first kappa shape index (κ1) is 27.7. The van der Waals surface area contributed by atoms with Crippen LogP contribution in [0.3, 0.4) is 0 Å². The maximum absolute atomic E-state index is 12.5. The topological polar surface area (TPSA) is 70.8 Å². The molecule has 5 nitrogen and oxygen atoms in total. The number of furan rings is 1. The summed E-state index contributed by atoms with van der Waals surface area (Å²) < 4.78 is 6.24. The molecule has 0 spiro atoms. The van der Waals surface area contributed by atoms with Crippen molar-refractivity contribution in [3.63, 3.8) is 0 Å². The summed E-state index contributed by atoms with van der Waals surface area (Å²) in [5, 5.41) is 8.81. The molecular formula is C27H21FeNO4S2+2. The summed E-state index contributed by atoms with van der Waals surface area (Å²) >= 11 is 6.34. The van der Waals surface area contributed by atoms with Crippen molar-refractivity contribution in [3.8, 4) is 11.3 Å². The largest absolute Gasteiger partial charge is 2.00 e. The molecule has 1 aromatic carbocycles. The van der Waals surface area contributed by atoms with Gasteiger partial charge in [0, 0.05) is 24.1 Å². The number of carboxylic acid groups (broad SMARTS) is 1. The fourth-order valence-electron chi connectivity index (χ4n) is 3.33. The Kier molecular flexibility index (Phi) is 10.7. The predicted molar refractivity (Wildman–Crippen MR) is 137 cm³/mol. The molecule has 1 N–H and O–H groups in total. The van der Waals surface area contributed by atoms with Crippen LogP contribution < -0.4 is 0 Å². The van der Waals surface area contributed by atoms with E-state index in [2.05, 4.69) is 12.8 Å². The Balaban J connectivity index is 0.000000509. The molecule has 5 rings (SSSR count). The van der Waals surface area contributed by atoms with Crippen molar-refractivity contribution in [2.45, 2.75) is 6.42 Å². The molecule has 35 heavy (non-hydrogen) atoms. The minimum absolute atomic E-state index is 0. The Labute approximate surface area is 227 Å². The first-order valence-electron chi connectivity index (χ1n) is 10.6. The Morgan fingerprint density at radius 3 is 2.14 bits per heavy atom. The van der Waals surface area contributed by atoms with Gasteiger partial charge in [-0.2, -0.15) is 0 Å². The molecule has 3 aliphatic rings. The Hall–Kier alpha value is -1.86. The van der Waals surface area contributed by atoms with Crippen molar-refractivity contribution >= 4 is 46.3 Å². The maximum atomic E-state index is 12.5. The summed E-state index contributed by atoms with van der Waals surface area (Å²) in [6.07, 6.45) is 19.6. The average molecular weight is 543 g/mol. The van der Waals surface area contributed by atoms with E-state index in [4.69, 9.17) is 21.7 Å². The van der Waals surface area contributed by atoms with Crippen LogP contribution in [0.4, 0.5) is 0 Å². The third kappa shape index (κ3) is 7.56. The van der Waals surface area contributed by atoms with Gasteiger partial charge in [-0.1, -0.05) is 48.2 Å². The molecule has 176 valence electrons. The van der Waals surface area contributed by atoms with Gasteiger partial charge < -0.3 is 9.52 Å². The van der Waals surface area contributed by atoms with Crippen LogP contribution in [-0.4, -0.2) is 32.7 Å². The van der Waals surface area contributed by atoms with Crippen molar-refractivity contribution in [1.29, 1.82) is 0 Å². The van der Waals surface area contributed by atoms with Gasteiger partial charge in [-0.3, -0.25) is 14.5 Å². The van der Waals surface area contributed by atoms with Gasteiger partial charge in [0.05, 0.1) is 11.3 Å². The molecule has 1 aromatic heterocycles. The molecule has 10 radical (unpaired) electrons. The molecule has 2 saturated carbocycles. The van der Waals surface area contributed by atoms with Crippen molar-refractivity contribution < 1.29 is 36.2 Å². The fraction of sp³-hybridized carbons (Fsp3) is 0.0741. The number of carbonyl (C=O) groups is 2. The Morgan fingerprint density at radius 2 is 1.54 bits per heavy atom. The smallest absolute Gasteiger partial charge is 0.481 e. The number of hydrogen-bond donors (Lipinski definition) is 1. The zero-order valence-corrected chi connectivity index (χ0v) is 21.2. The minimum Gasteiger partial charge on any atom is -0.481 e. The minimum atomic E-state index is -0.969. The molecule has 2 heterocycles. The van der Waals surface area contributed by atoms with Crippen molar-refractivity contribution in [1.82, 2.24) is 4.90 Å². The molecule has 2 aromatic rings. The second kappa shape index (κ2) is 13.4. The standard InChI is InChI=1S/C22H16NO4S2.C5H5.Fe/c24-20(25)11-12-23-21(26)19(29-22(23)28)13-17-9-10-18(27-17)16-7-5-15(6-8-16)14-3-1-2-4-14;1-2-4-5-3-1;/h1-10,13H,11-12H2,(H,24,25);1-5H;/q;;+2/b19-13-;;. The number of nitrogens with zero attached hydrogens (tertiary/aromatic N) is 1. The van der Waals surface area contributed by atoms with Crippen molar-refractivity contribution in [2.75, 3.05) is 6.54 Å². The van der Waals surface area contributed by atoms with E-state index in [9.17, 15) is 9.59 Å². The molecule has 1 amide bonds. The van der Waals surface area contributed by atoms with Gasteiger partial charge in [0.2, 0.25) is 0 Å². The van der Waals surface area contributed by atoms with Gasteiger partial charge in [0.1, 0.15) is 15.8 Å². The second-order valence-electron chi connectivity index (χ2n) is 7.39. The van der Waals surface area contributed by atoms with Crippen LogP contribution in [0.2, 0.25) is 0 Å². The SMILES string of the molecule is O=C(O)CCN1C(=O)/C(=C/c2ccc(-c3ccc([C]4[CH][CH][CH][CH]4)cc3)o2)SC1=S.[CH]1[CH][CH][CH][CH]1.[Fe+2]. The molecule has 0 unspecified atom stereocenters. The van der Waals surface area contributed by atoms with E-state index in [1.165, 1.54) is 10.8 Å². The second-order valence-corrected chi connectivity index (χ2v) is 9.07. The summed E-state index contributed by atoms with van der Waals surface area (Å²) in [7, 11) is 0. The van der Waals surface area contributed by atoms with Gasteiger partial charge in [-0.15, -0.1) is 0 Å². The van der Waals surface area contributed by atoms with E-state index >= 15 is 0 Å². The zero-order valence-electron chi connectivity index (χ0n) is 18.4. The fourth-order valence-corrected chi connectivity index (χ4v) is 4.62.